The van der Waals surface area contributed by atoms with Crippen LogP contribution < -0.4 is 5.56 Å². The summed E-state index contributed by atoms with van der Waals surface area (Å²) < 4.78 is 35.6. The van der Waals surface area contributed by atoms with Gasteiger partial charge < -0.3 is 22.4 Å². The first-order chi connectivity index (χ1) is 15.4. The van der Waals surface area contributed by atoms with E-state index < -0.39 is 29.5 Å². The lowest BCUT2D eigenvalue weighted by Crippen LogP contribution is -2.65. The molecule has 0 amide bonds. The zero-order valence-corrected chi connectivity index (χ0v) is 24.1. The molecule has 8 nitrogen and oxygen atoms in total. The van der Waals surface area contributed by atoms with Crippen molar-refractivity contribution in [2.45, 2.75) is 102 Å². The summed E-state index contributed by atoms with van der Waals surface area (Å²) >= 11 is 5.42. The van der Waals surface area contributed by atoms with E-state index in [1.54, 1.807) is 17.9 Å². The fourth-order valence-corrected chi connectivity index (χ4v) is 16.7. The molecule has 0 saturated carbocycles. The number of H-pyrrole nitrogens is 1. The lowest BCUT2D eigenvalue weighted by atomic mass is 10.1. The fraction of sp³-hybridized carbons (Fsp3) is 0.818. The van der Waals surface area contributed by atoms with Crippen molar-refractivity contribution in [3.8, 4) is 0 Å². The van der Waals surface area contributed by atoms with Gasteiger partial charge in [0.1, 0.15) is 18.3 Å². The van der Waals surface area contributed by atoms with E-state index in [0.29, 0.717) is 6.61 Å². The summed E-state index contributed by atoms with van der Waals surface area (Å²) in [6.45, 7) is 17.9. The highest BCUT2D eigenvalue weighted by Crippen LogP contribution is 2.48. The average Bonchev–Trinajstić information content (AvgIpc) is 3.03. The van der Waals surface area contributed by atoms with E-state index in [1.807, 2.05) is 0 Å². The van der Waals surface area contributed by atoms with E-state index in [1.165, 1.54) is 6.07 Å². The molecule has 0 unspecified atom stereocenters. The van der Waals surface area contributed by atoms with E-state index in [9.17, 15) is 4.79 Å². The molecule has 0 bridgehead atoms. The maximum atomic E-state index is 11.7. The molecular weight excluding hydrogens is 476 g/mol. The SMILES string of the molecule is CO[C@@H]1[C@@H]2O[Si](C(C)C)(C(C)C)O[Si](C(C)C)(C(C)C)OC[C@H]2O[C@@H]1n1ccc(=O)[nH]c1=S. The number of nitrogens with zero attached hydrogens (tertiary/aromatic N) is 1. The van der Waals surface area contributed by atoms with Gasteiger partial charge in [-0.05, 0) is 34.4 Å². The van der Waals surface area contributed by atoms with Gasteiger partial charge in [-0.2, -0.15) is 0 Å². The van der Waals surface area contributed by atoms with Crippen LogP contribution in [0.15, 0.2) is 17.1 Å². The molecule has 2 fully saturated rings. The second-order valence-corrected chi connectivity index (χ2v) is 19.6. The molecule has 1 aromatic rings. The van der Waals surface area contributed by atoms with E-state index in [4.69, 9.17) is 34.7 Å². The van der Waals surface area contributed by atoms with Crippen molar-refractivity contribution in [2.75, 3.05) is 13.7 Å². The van der Waals surface area contributed by atoms with Crippen molar-refractivity contribution in [3.63, 3.8) is 0 Å². The number of ether oxygens (including phenoxy) is 2. The number of hydrogen-bond donors (Lipinski definition) is 1. The van der Waals surface area contributed by atoms with Crippen LogP contribution in [0.1, 0.15) is 61.6 Å². The molecule has 4 atom stereocenters. The molecule has 0 aliphatic carbocycles. The predicted octanol–water partition coefficient (Wildman–Crippen LogP) is 4.77. The Balaban J connectivity index is 2.12. The molecule has 1 aromatic heterocycles. The van der Waals surface area contributed by atoms with Crippen LogP contribution in [0, 0.1) is 4.77 Å². The topological polar surface area (TPSA) is 83.9 Å². The predicted molar refractivity (Wildman–Crippen MR) is 134 cm³/mol. The highest BCUT2D eigenvalue weighted by Gasteiger charge is 2.62. The molecule has 2 aliphatic heterocycles. The summed E-state index contributed by atoms with van der Waals surface area (Å²) in [6.07, 6.45) is -0.0544. The Labute approximate surface area is 204 Å². The highest BCUT2D eigenvalue weighted by molar-refractivity contribution is 7.71. The maximum absolute atomic E-state index is 11.7. The van der Waals surface area contributed by atoms with E-state index in [0.717, 1.165) is 0 Å². The van der Waals surface area contributed by atoms with Crippen LogP contribution in [0.5, 0.6) is 0 Å². The van der Waals surface area contributed by atoms with Crippen LogP contribution in [0.3, 0.4) is 0 Å². The minimum absolute atomic E-state index is 0.205. The third kappa shape index (κ3) is 4.75. The Kier molecular flexibility index (Phi) is 8.27. The quantitative estimate of drug-likeness (QED) is 0.430. The Morgan fingerprint density at radius 3 is 2.12 bits per heavy atom. The average molecular weight is 517 g/mol. The van der Waals surface area contributed by atoms with Gasteiger partial charge in [-0.3, -0.25) is 14.3 Å². The van der Waals surface area contributed by atoms with Gasteiger partial charge in [0.05, 0.1) is 6.61 Å². The standard InChI is InChI=1S/C22H40N2O6SSi2/c1-13(2)32(14(3)4)27-12-17-19(29-33(30-32,15(5)6)16(7)8)20(26-9)21(28-17)24-11-10-18(25)23-22(24)31/h10-11,13-17,19-21H,12H2,1-9H3,(H,23,25,31)/t17-,19-,20-,21+/m1/s1. The normalized spacial score (nSPS) is 29.5. The number of methoxy groups -OCH3 is 1. The second-order valence-electron chi connectivity index (χ2n) is 10.3. The largest absolute Gasteiger partial charge is 0.414 e. The van der Waals surface area contributed by atoms with Gasteiger partial charge in [0.2, 0.25) is 0 Å². The summed E-state index contributed by atoms with van der Waals surface area (Å²) in [5.41, 5.74) is 0.667. The first kappa shape index (κ1) is 26.9. The lowest BCUT2D eigenvalue weighted by Gasteiger charge is -2.51. The Hall–Kier alpha value is -0.666. The first-order valence-corrected chi connectivity index (χ1v) is 16.3. The molecule has 11 heteroatoms. The molecule has 0 aromatic carbocycles. The van der Waals surface area contributed by atoms with Crippen molar-refractivity contribution in [1.82, 2.24) is 9.55 Å². The van der Waals surface area contributed by atoms with Crippen molar-refractivity contribution in [3.05, 3.63) is 27.4 Å². The van der Waals surface area contributed by atoms with Crippen molar-refractivity contribution in [2.24, 2.45) is 0 Å². The Morgan fingerprint density at radius 1 is 1.06 bits per heavy atom. The fourth-order valence-electron chi connectivity index (χ4n) is 5.23. The van der Waals surface area contributed by atoms with Gasteiger partial charge in [-0.25, -0.2) is 0 Å². The van der Waals surface area contributed by atoms with Crippen molar-refractivity contribution in [1.29, 1.82) is 0 Å². The van der Waals surface area contributed by atoms with E-state index in [2.05, 4.69) is 60.4 Å². The molecule has 2 aliphatic rings. The van der Waals surface area contributed by atoms with Crippen LogP contribution in [0.2, 0.25) is 22.2 Å². The number of fused-ring (bicyclic) bond motifs is 1. The number of nitrogens with one attached hydrogen (secondary N) is 1. The monoisotopic (exact) mass is 516 g/mol. The Bertz CT molecular complexity index is 918. The molecule has 188 valence electrons. The Morgan fingerprint density at radius 2 is 1.64 bits per heavy atom. The number of rotatable bonds is 6. The number of aromatic amines is 1. The highest BCUT2D eigenvalue weighted by atomic mass is 32.1. The molecular formula is C22H40N2O6SSi2. The molecule has 1 N–H and O–H groups in total. The van der Waals surface area contributed by atoms with Crippen LogP contribution >= 0.6 is 12.2 Å². The van der Waals surface area contributed by atoms with Gasteiger partial charge in [-0.1, -0.05) is 55.4 Å². The molecule has 3 rings (SSSR count). The van der Waals surface area contributed by atoms with E-state index in [-0.39, 0.29) is 44.7 Å². The zero-order chi connectivity index (χ0) is 24.7. The maximum Gasteiger partial charge on any atom is 0.335 e. The van der Waals surface area contributed by atoms with Gasteiger partial charge in [0, 0.05) is 19.4 Å². The lowest BCUT2D eigenvalue weighted by molar-refractivity contribution is -0.0631. The van der Waals surface area contributed by atoms with Crippen LogP contribution in [-0.2, 0) is 22.4 Å². The number of aromatic nitrogens is 2. The van der Waals surface area contributed by atoms with Crippen LogP contribution in [0.4, 0.5) is 0 Å². The van der Waals surface area contributed by atoms with E-state index >= 15 is 0 Å². The van der Waals surface area contributed by atoms with Gasteiger partial charge in [0.25, 0.3) is 5.56 Å². The smallest absolute Gasteiger partial charge is 0.335 e. The summed E-state index contributed by atoms with van der Waals surface area (Å²) in [6, 6.07) is 1.43. The van der Waals surface area contributed by atoms with Crippen molar-refractivity contribution < 1.29 is 22.4 Å². The molecule has 33 heavy (non-hydrogen) atoms. The third-order valence-corrected chi connectivity index (χ3v) is 17.6. The molecule has 0 radical (unpaired) electrons. The summed E-state index contributed by atoms with van der Waals surface area (Å²) in [4.78, 5) is 14.4. The van der Waals surface area contributed by atoms with Gasteiger partial charge >= 0.3 is 17.1 Å². The van der Waals surface area contributed by atoms with Gasteiger partial charge in [0.15, 0.2) is 11.0 Å². The van der Waals surface area contributed by atoms with Crippen LogP contribution in [0.25, 0.3) is 0 Å². The molecule has 0 spiro atoms. The molecule has 2 saturated heterocycles. The second kappa shape index (κ2) is 10.1. The van der Waals surface area contributed by atoms with Crippen molar-refractivity contribution >= 4 is 29.3 Å². The summed E-state index contributed by atoms with van der Waals surface area (Å²) in [7, 11) is -3.80. The molecule has 3 heterocycles. The first-order valence-electron chi connectivity index (χ1n) is 11.9. The van der Waals surface area contributed by atoms with Crippen LogP contribution in [-0.4, -0.2) is 58.7 Å². The summed E-state index contributed by atoms with van der Waals surface area (Å²) in [5, 5.41) is 0. The minimum Gasteiger partial charge on any atom is -0.414 e. The number of hydrogen-bond acceptors (Lipinski definition) is 7. The summed E-state index contributed by atoms with van der Waals surface area (Å²) in [5.74, 6) is 0. The third-order valence-electron chi connectivity index (χ3n) is 7.01. The zero-order valence-electron chi connectivity index (χ0n) is 21.3. The van der Waals surface area contributed by atoms with Gasteiger partial charge in [-0.15, -0.1) is 0 Å². The minimum atomic E-state index is -2.79.